The molecule has 7 heteroatoms. The SMILES string of the molecule is CCC[C@@H]1O[C@@H]2C[C@H]3[C@@H]4CCC5=CC(=O)C=C[C@]5(C)[C@H]4[C@@H](O)C[C@]3(C)[C@]2(C(=O)CO)O1.[NaH]. The molecule has 0 amide bonds. The van der Waals surface area contributed by atoms with Gasteiger partial charge >= 0.3 is 29.6 Å². The first-order valence-electron chi connectivity index (χ1n) is 11.8. The molecule has 9 atom stereocenters. The van der Waals surface area contributed by atoms with Crippen molar-refractivity contribution in [2.45, 2.75) is 83.4 Å². The molecule has 4 aliphatic carbocycles. The molecule has 0 radical (unpaired) electrons. The molecule has 0 unspecified atom stereocenters. The van der Waals surface area contributed by atoms with Crippen LogP contribution in [0.4, 0.5) is 0 Å². The van der Waals surface area contributed by atoms with Crippen molar-refractivity contribution in [3.05, 3.63) is 23.8 Å². The number of hydrogen-bond acceptors (Lipinski definition) is 6. The Morgan fingerprint density at radius 2 is 2.06 bits per heavy atom. The number of fused-ring (bicyclic) bond motifs is 7. The van der Waals surface area contributed by atoms with Gasteiger partial charge in [-0.1, -0.05) is 38.8 Å². The van der Waals surface area contributed by atoms with Gasteiger partial charge in [0.2, 0.25) is 0 Å². The zero-order valence-corrected chi connectivity index (χ0v) is 18.7. The van der Waals surface area contributed by atoms with E-state index in [1.165, 1.54) is 0 Å². The van der Waals surface area contributed by atoms with Crippen LogP contribution in [-0.4, -0.2) is 82.0 Å². The second-order valence-electron chi connectivity index (χ2n) is 10.7. The van der Waals surface area contributed by atoms with Gasteiger partial charge < -0.3 is 19.7 Å². The summed E-state index contributed by atoms with van der Waals surface area (Å²) in [6.07, 6.45) is 8.31. The zero-order chi connectivity index (χ0) is 22.2. The number of carbonyl (C=O) groups excluding carboxylic acids is 2. The Kier molecular flexibility index (Phi) is 6.50. The predicted molar refractivity (Wildman–Crippen MR) is 120 cm³/mol. The third-order valence-electron chi connectivity index (χ3n) is 9.37. The number of allylic oxidation sites excluding steroid dienone is 4. The number of aliphatic hydroxyl groups excluding tert-OH is 2. The number of ether oxygens (including phenoxy) is 2. The van der Waals surface area contributed by atoms with E-state index < -0.39 is 36.1 Å². The molecule has 5 aliphatic rings. The molecule has 1 aliphatic heterocycles. The Labute approximate surface area is 212 Å². The topological polar surface area (TPSA) is 93.1 Å². The van der Waals surface area contributed by atoms with Crippen molar-refractivity contribution in [1.82, 2.24) is 0 Å². The van der Waals surface area contributed by atoms with E-state index >= 15 is 0 Å². The first kappa shape index (κ1) is 24.8. The van der Waals surface area contributed by atoms with Crippen LogP contribution in [0, 0.1) is 28.6 Å². The van der Waals surface area contributed by atoms with Gasteiger partial charge in [-0.2, -0.15) is 0 Å². The number of Topliss-reactive ketones (excluding diaryl/α,β-unsaturated/α-hetero) is 1. The first-order chi connectivity index (χ1) is 14.7. The molecule has 1 heterocycles. The summed E-state index contributed by atoms with van der Waals surface area (Å²) < 4.78 is 12.7. The van der Waals surface area contributed by atoms with E-state index in [0.717, 1.165) is 24.8 Å². The second-order valence-corrected chi connectivity index (χ2v) is 10.7. The fraction of sp³-hybridized carbons (Fsp3) is 0.760. The van der Waals surface area contributed by atoms with E-state index in [1.54, 1.807) is 12.2 Å². The maximum absolute atomic E-state index is 13.2. The van der Waals surface area contributed by atoms with Gasteiger partial charge in [-0.3, -0.25) is 9.59 Å². The molecule has 172 valence electrons. The summed E-state index contributed by atoms with van der Waals surface area (Å²) >= 11 is 0. The van der Waals surface area contributed by atoms with Crippen LogP contribution in [0.5, 0.6) is 0 Å². The van der Waals surface area contributed by atoms with Gasteiger partial charge in [0.15, 0.2) is 23.5 Å². The van der Waals surface area contributed by atoms with Crippen molar-refractivity contribution < 1.29 is 29.3 Å². The molecule has 0 aromatic heterocycles. The molecule has 0 bridgehead atoms. The Hall–Kier alpha value is -0.340. The summed E-state index contributed by atoms with van der Waals surface area (Å²) in [6.45, 7) is 5.67. The third kappa shape index (κ3) is 3.10. The number of aliphatic hydroxyl groups is 2. The van der Waals surface area contributed by atoms with Crippen LogP contribution in [-0.2, 0) is 19.1 Å². The average molecular weight is 455 g/mol. The quantitative estimate of drug-likeness (QED) is 0.632. The molecule has 4 fully saturated rings. The van der Waals surface area contributed by atoms with Crippen molar-refractivity contribution in [2.75, 3.05) is 6.61 Å². The Balaban J connectivity index is 0.00000245. The number of carbonyl (C=O) groups is 2. The Bertz CT molecular complexity index is 868. The molecule has 0 spiro atoms. The van der Waals surface area contributed by atoms with Crippen LogP contribution in [0.1, 0.15) is 59.3 Å². The molecule has 6 nitrogen and oxygen atoms in total. The van der Waals surface area contributed by atoms with E-state index in [9.17, 15) is 19.8 Å². The fourth-order valence-corrected chi connectivity index (χ4v) is 8.12. The molecule has 0 aromatic rings. The number of hydrogen-bond donors (Lipinski definition) is 2. The van der Waals surface area contributed by atoms with Crippen molar-refractivity contribution >= 4 is 41.1 Å². The average Bonchev–Trinajstić information content (AvgIpc) is 3.20. The molecular formula is C25H35NaO6. The van der Waals surface area contributed by atoms with E-state index in [4.69, 9.17) is 9.47 Å². The first-order valence-corrected chi connectivity index (χ1v) is 11.8. The molecule has 32 heavy (non-hydrogen) atoms. The predicted octanol–water partition coefficient (Wildman–Crippen LogP) is 2.07. The minimum absolute atomic E-state index is 0. The molecule has 5 rings (SSSR count). The summed E-state index contributed by atoms with van der Waals surface area (Å²) in [5.41, 5.74) is -1.05. The van der Waals surface area contributed by atoms with E-state index in [1.807, 2.05) is 6.08 Å². The van der Waals surface area contributed by atoms with Crippen molar-refractivity contribution in [1.29, 1.82) is 0 Å². The van der Waals surface area contributed by atoms with Crippen LogP contribution in [0.15, 0.2) is 23.8 Å². The van der Waals surface area contributed by atoms with Gasteiger partial charge in [0.1, 0.15) is 6.61 Å². The molecule has 3 saturated carbocycles. The van der Waals surface area contributed by atoms with Crippen LogP contribution in [0.2, 0.25) is 0 Å². The van der Waals surface area contributed by atoms with Gasteiger partial charge in [0.25, 0.3) is 0 Å². The minimum atomic E-state index is -1.20. The Morgan fingerprint density at radius 1 is 1.31 bits per heavy atom. The monoisotopic (exact) mass is 454 g/mol. The van der Waals surface area contributed by atoms with Gasteiger partial charge in [0.05, 0.1) is 12.2 Å². The summed E-state index contributed by atoms with van der Waals surface area (Å²) in [5.74, 6) is 0.0274. The number of ketones is 2. The summed E-state index contributed by atoms with van der Waals surface area (Å²) in [5, 5.41) is 21.4. The summed E-state index contributed by atoms with van der Waals surface area (Å²) in [4.78, 5) is 25.2. The maximum atomic E-state index is 13.2. The van der Waals surface area contributed by atoms with Crippen LogP contribution < -0.4 is 0 Å². The van der Waals surface area contributed by atoms with Gasteiger partial charge in [-0.15, -0.1) is 0 Å². The summed E-state index contributed by atoms with van der Waals surface area (Å²) in [6, 6.07) is 0. The molecular weight excluding hydrogens is 419 g/mol. The van der Waals surface area contributed by atoms with Gasteiger partial charge in [-0.05, 0) is 56.1 Å². The molecule has 1 saturated heterocycles. The van der Waals surface area contributed by atoms with Crippen molar-refractivity contribution in [2.24, 2.45) is 28.6 Å². The van der Waals surface area contributed by atoms with Crippen LogP contribution in [0.3, 0.4) is 0 Å². The second kappa shape index (κ2) is 8.40. The van der Waals surface area contributed by atoms with Gasteiger partial charge in [0, 0.05) is 16.7 Å². The zero-order valence-electron chi connectivity index (χ0n) is 18.7. The van der Waals surface area contributed by atoms with Gasteiger partial charge in [-0.25, -0.2) is 0 Å². The molecule has 2 N–H and O–H groups in total. The van der Waals surface area contributed by atoms with Crippen LogP contribution >= 0.6 is 0 Å². The van der Waals surface area contributed by atoms with E-state index in [0.29, 0.717) is 19.3 Å². The van der Waals surface area contributed by atoms with E-state index in [-0.39, 0.29) is 64.3 Å². The molecule has 0 aromatic carbocycles. The standard InChI is InChI=1S/C25H34O6.Na.H/c1-4-5-21-30-20-11-17-16-7-6-14-10-15(27)8-9-23(14,2)22(16)18(28)12-24(17,3)25(20,31-21)19(29)13-26;;/h8-10,16-18,20-22,26,28H,4-7,11-13H2,1-3H3;;/t16-,17-,18-,20+,21+,22+,23-,24-,25+;;/m0../s1. The Morgan fingerprint density at radius 3 is 2.75 bits per heavy atom. The van der Waals surface area contributed by atoms with Crippen molar-refractivity contribution in [3.63, 3.8) is 0 Å². The van der Waals surface area contributed by atoms with Crippen molar-refractivity contribution in [3.8, 4) is 0 Å². The fourth-order valence-electron chi connectivity index (χ4n) is 8.12. The summed E-state index contributed by atoms with van der Waals surface area (Å²) in [7, 11) is 0. The van der Waals surface area contributed by atoms with Crippen LogP contribution in [0.25, 0.3) is 0 Å². The normalized spacial score (nSPS) is 48.8. The third-order valence-corrected chi connectivity index (χ3v) is 9.37. The number of rotatable bonds is 4. The van der Waals surface area contributed by atoms with E-state index in [2.05, 4.69) is 20.8 Å².